The van der Waals surface area contributed by atoms with Gasteiger partial charge in [0.1, 0.15) is 12.4 Å². The summed E-state index contributed by atoms with van der Waals surface area (Å²) in [6, 6.07) is 7.61. The number of nitrogens with zero attached hydrogens (tertiary/aromatic N) is 2. The number of fused-ring (bicyclic) bond motifs is 1. The molecule has 0 bridgehead atoms. The summed E-state index contributed by atoms with van der Waals surface area (Å²) >= 11 is 0. The molecule has 0 fully saturated rings. The van der Waals surface area contributed by atoms with E-state index in [1.165, 1.54) is 11.6 Å². The van der Waals surface area contributed by atoms with Crippen LogP contribution in [0.15, 0.2) is 45.1 Å². The fourth-order valence-corrected chi connectivity index (χ4v) is 3.60. The lowest BCUT2D eigenvalue weighted by Crippen LogP contribution is -2.43. The maximum absolute atomic E-state index is 12.9. The number of carbonyl (C=O) groups is 1. The second-order valence-electron chi connectivity index (χ2n) is 6.35. The van der Waals surface area contributed by atoms with Crippen molar-refractivity contribution < 1.29 is 9.53 Å². The molecule has 0 saturated heterocycles. The smallest absolute Gasteiger partial charge is 0.337 e. The van der Waals surface area contributed by atoms with E-state index in [-0.39, 0.29) is 6.61 Å². The quantitative estimate of drug-likeness (QED) is 0.776. The van der Waals surface area contributed by atoms with Crippen LogP contribution >= 0.6 is 0 Å². The standard InChI is InChI=1S/C18H17N3O4/c1-9-6-4-5-7-10(9)12-13-11(8-25-17(13)23)19-15-14(12)16(22)21(3)18(24)20(15)2/h4-7,12,19H,8H2,1-3H3/t12-/m1/s1. The summed E-state index contributed by atoms with van der Waals surface area (Å²) in [6.07, 6.45) is 0. The van der Waals surface area contributed by atoms with E-state index in [0.29, 0.717) is 22.7 Å². The summed E-state index contributed by atoms with van der Waals surface area (Å²) < 4.78 is 7.66. The van der Waals surface area contributed by atoms with Gasteiger partial charge in [0.25, 0.3) is 5.56 Å². The zero-order chi connectivity index (χ0) is 17.9. The highest BCUT2D eigenvalue weighted by Crippen LogP contribution is 2.42. The largest absolute Gasteiger partial charge is 0.456 e. The summed E-state index contributed by atoms with van der Waals surface area (Å²) in [5.41, 5.74) is 2.41. The fourth-order valence-electron chi connectivity index (χ4n) is 3.60. The Labute approximate surface area is 143 Å². The molecule has 1 atom stereocenters. The third-order valence-corrected chi connectivity index (χ3v) is 4.94. The second kappa shape index (κ2) is 5.20. The van der Waals surface area contributed by atoms with E-state index in [1.807, 2.05) is 31.2 Å². The molecule has 2 aliphatic heterocycles. The van der Waals surface area contributed by atoms with Crippen molar-refractivity contribution in [2.75, 3.05) is 11.9 Å². The van der Waals surface area contributed by atoms with Crippen LogP contribution in [0.1, 0.15) is 22.6 Å². The van der Waals surface area contributed by atoms with Gasteiger partial charge in [0.15, 0.2) is 0 Å². The van der Waals surface area contributed by atoms with Crippen LogP contribution in [-0.2, 0) is 23.6 Å². The molecule has 4 rings (SSSR count). The van der Waals surface area contributed by atoms with E-state index >= 15 is 0 Å². The minimum absolute atomic E-state index is 0.111. The Balaban J connectivity index is 2.12. The molecule has 3 heterocycles. The highest BCUT2D eigenvalue weighted by atomic mass is 16.5. The van der Waals surface area contributed by atoms with Gasteiger partial charge in [-0.1, -0.05) is 24.3 Å². The summed E-state index contributed by atoms with van der Waals surface area (Å²) in [7, 11) is 3.04. The molecule has 7 heteroatoms. The molecule has 1 N–H and O–H groups in total. The highest BCUT2D eigenvalue weighted by molar-refractivity contribution is 5.97. The Morgan fingerprint density at radius 3 is 2.56 bits per heavy atom. The number of hydrogen-bond acceptors (Lipinski definition) is 5. The zero-order valence-corrected chi connectivity index (χ0v) is 14.1. The maximum Gasteiger partial charge on any atom is 0.337 e. The number of carbonyl (C=O) groups excluding carboxylic acids is 1. The van der Waals surface area contributed by atoms with Gasteiger partial charge in [-0.3, -0.25) is 13.9 Å². The highest BCUT2D eigenvalue weighted by Gasteiger charge is 2.41. The molecule has 0 aliphatic carbocycles. The summed E-state index contributed by atoms with van der Waals surface area (Å²) in [5.74, 6) is -0.580. The van der Waals surface area contributed by atoms with E-state index < -0.39 is 23.1 Å². The first kappa shape index (κ1) is 15.4. The molecule has 0 radical (unpaired) electrons. The van der Waals surface area contributed by atoms with Crippen LogP contribution in [0.2, 0.25) is 0 Å². The van der Waals surface area contributed by atoms with Crippen molar-refractivity contribution in [1.29, 1.82) is 0 Å². The van der Waals surface area contributed by atoms with Gasteiger partial charge in [0.2, 0.25) is 0 Å². The minimum Gasteiger partial charge on any atom is -0.456 e. The van der Waals surface area contributed by atoms with Crippen molar-refractivity contribution in [3.05, 3.63) is 73.1 Å². The summed E-state index contributed by atoms with van der Waals surface area (Å²) in [4.78, 5) is 37.6. The topological polar surface area (TPSA) is 82.3 Å². The Morgan fingerprint density at radius 1 is 1.12 bits per heavy atom. The number of aryl methyl sites for hydroxylation is 1. The first-order valence-corrected chi connectivity index (χ1v) is 7.94. The van der Waals surface area contributed by atoms with Gasteiger partial charge in [-0.05, 0) is 18.1 Å². The number of anilines is 1. The summed E-state index contributed by atoms with van der Waals surface area (Å²) in [6.45, 7) is 2.05. The van der Waals surface area contributed by atoms with E-state index in [4.69, 9.17) is 4.74 Å². The van der Waals surface area contributed by atoms with Crippen molar-refractivity contribution in [2.24, 2.45) is 14.1 Å². The van der Waals surface area contributed by atoms with Crippen molar-refractivity contribution in [1.82, 2.24) is 9.13 Å². The van der Waals surface area contributed by atoms with Crippen LogP contribution in [0.4, 0.5) is 5.82 Å². The van der Waals surface area contributed by atoms with Crippen molar-refractivity contribution in [3.8, 4) is 0 Å². The number of benzene rings is 1. The van der Waals surface area contributed by atoms with Gasteiger partial charge in [-0.15, -0.1) is 0 Å². The lowest BCUT2D eigenvalue weighted by molar-refractivity contribution is -0.136. The number of hydrogen-bond donors (Lipinski definition) is 1. The molecule has 0 saturated carbocycles. The molecular formula is C18H17N3O4. The Hall–Kier alpha value is -3.09. The molecule has 1 aromatic carbocycles. The molecule has 0 amide bonds. The van der Waals surface area contributed by atoms with Crippen molar-refractivity contribution in [3.63, 3.8) is 0 Å². The first-order valence-electron chi connectivity index (χ1n) is 7.94. The number of nitrogens with one attached hydrogen (secondary N) is 1. The predicted octanol–water partition coefficient (Wildman–Crippen LogP) is 0.761. The van der Waals surface area contributed by atoms with Gasteiger partial charge in [-0.2, -0.15) is 0 Å². The number of aromatic nitrogens is 2. The van der Waals surface area contributed by atoms with Gasteiger partial charge < -0.3 is 10.1 Å². The van der Waals surface area contributed by atoms with E-state index in [1.54, 1.807) is 7.05 Å². The van der Waals surface area contributed by atoms with Crippen LogP contribution in [0.3, 0.4) is 0 Å². The van der Waals surface area contributed by atoms with Crippen LogP contribution in [0.25, 0.3) is 0 Å². The Kier molecular flexibility index (Phi) is 3.21. The van der Waals surface area contributed by atoms with Crippen LogP contribution in [-0.4, -0.2) is 21.7 Å². The SMILES string of the molecule is Cc1ccccc1[C@@H]1C2=C(COC2=O)Nc2c1c(=O)n(C)c(=O)n2C. The normalized spacial score (nSPS) is 18.5. The molecule has 25 heavy (non-hydrogen) atoms. The number of esters is 1. The molecule has 2 aliphatic rings. The monoisotopic (exact) mass is 339 g/mol. The molecule has 0 spiro atoms. The van der Waals surface area contributed by atoms with E-state index in [2.05, 4.69) is 5.32 Å². The molecule has 128 valence electrons. The zero-order valence-electron chi connectivity index (χ0n) is 14.1. The Bertz CT molecular complexity index is 1070. The van der Waals surface area contributed by atoms with Gasteiger partial charge in [-0.25, -0.2) is 9.59 Å². The van der Waals surface area contributed by atoms with E-state index in [0.717, 1.165) is 15.7 Å². The molecule has 0 unspecified atom stereocenters. The van der Waals surface area contributed by atoms with Crippen molar-refractivity contribution >= 4 is 11.8 Å². The third kappa shape index (κ3) is 2.02. The third-order valence-electron chi connectivity index (χ3n) is 4.94. The number of ether oxygens (including phenoxy) is 1. The lowest BCUT2D eigenvalue weighted by Gasteiger charge is -2.28. The minimum atomic E-state index is -0.562. The second-order valence-corrected chi connectivity index (χ2v) is 6.35. The maximum atomic E-state index is 12.9. The van der Waals surface area contributed by atoms with Crippen LogP contribution in [0.5, 0.6) is 0 Å². The molecular weight excluding hydrogens is 322 g/mol. The summed E-state index contributed by atoms with van der Waals surface area (Å²) in [5, 5.41) is 3.07. The molecule has 2 aromatic rings. The lowest BCUT2D eigenvalue weighted by atomic mass is 9.81. The average molecular weight is 339 g/mol. The van der Waals surface area contributed by atoms with E-state index in [9.17, 15) is 14.4 Å². The predicted molar refractivity (Wildman–Crippen MR) is 91.6 cm³/mol. The van der Waals surface area contributed by atoms with Gasteiger partial charge >= 0.3 is 11.7 Å². The molecule has 1 aromatic heterocycles. The number of cyclic esters (lactones) is 1. The fraction of sp³-hybridized carbons (Fsp3) is 0.278. The van der Waals surface area contributed by atoms with Gasteiger partial charge in [0.05, 0.1) is 22.8 Å². The van der Waals surface area contributed by atoms with Gasteiger partial charge in [0, 0.05) is 14.1 Å². The van der Waals surface area contributed by atoms with Crippen molar-refractivity contribution in [2.45, 2.75) is 12.8 Å². The first-order chi connectivity index (χ1) is 11.9. The number of rotatable bonds is 1. The molecule has 7 nitrogen and oxygen atoms in total. The van der Waals surface area contributed by atoms with Crippen LogP contribution < -0.4 is 16.6 Å². The average Bonchev–Trinajstić information content (AvgIpc) is 2.98. The van der Waals surface area contributed by atoms with Crippen LogP contribution in [0, 0.1) is 6.92 Å². The Morgan fingerprint density at radius 2 is 1.84 bits per heavy atom.